The Hall–Kier alpha value is -2.43. The van der Waals surface area contributed by atoms with E-state index >= 15 is 0 Å². The molecule has 2 aromatic heterocycles. The zero-order valence-corrected chi connectivity index (χ0v) is 15.7. The second kappa shape index (κ2) is 6.32. The zero-order valence-electron chi connectivity index (χ0n) is 14.1. The van der Waals surface area contributed by atoms with E-state index in [2.05, 4.69) is 10.1 Å². The molecule has 1 aromatic carbocycles. The fourth-order valence-electron chi connectivity index (χ4n) is 3.03. The minimum atomic E-state index is -3.60. The summed E-state index contributed by atoms with van der Waals surface area (Å²) in [5, 5.41) is 5.92. The van der Waals surface area contributed by atoms with Gasteiger partial charge < -0.3 is 14.0 Å². The molecule has 0 radical (unpaired) electrons. The summed E-state index contributed by atoms with van der Waals surface area (Å²) in [6.07, 6.45) is 0. The van der Waals surface area contributed by atoms with Crippen LogP contribution in [0.25, 0.3) is 10.7 Å². The molecule has 0 N–H and O–H groups in total. The number of benzene rings is 1. The van der Waals surface area contributed by atoms with Crippen LogP contribution in [0.4, 0.5) is 0 Å². The summed E-state index contributed by atoms with van der Waals surface area (Å²) in [6, 6.07) is 8.51. The maximum Gasteiger partial charge on any atom is 0.243 e. The number of sulfonamides is 1. The number of ether oxygens (including phenoxy) is 2. The number of hydrogen-bond acceptors (Lipinski definition) is 8. The van der Waals surface area contributed by atoms with Gasteiger partial charge in [0.15, 0.2) is 11.5 Å². The summed E-state index contributed by atoms with van der Waals surface area (Å²) in [4.78, 5) is 5.51. The third-order valence-corrected chi connectivity index (χ3v) is 7.23. The molecule has 0 bridgehead atoms. The molecule has 0 unspecified atom stereocenters. The van der Waals surface area contributed by atoms with Gasteiger partial charge in [0.25, 0.3) is 0 Å². The largest absolute Gasteiger partial charge is 0.486 e. The summed E-state index contributed by atoms with van der Waals surface area (Å²) < 4.78 is 43.3. The molecule has 1 fully saturated rings. The lowest BCUT2D eigenvalue weighted by atomic mass is 10.0. The normalized spacial score (nSPS) is 17.6. The van der Waals surface area contributed by atoms with Crippen LogP contribution < -0.4 is 9.47 Å². The number of nitrogens with zero attached hydrogens (tertiary/aromatic N) is 3. The monoisotopic (exact) mass is 405 g/mol. The summed E-state index contributed by atoms with van der Waals surface area (Å²) >= 11 is 1.53. The first-order valence-corrected chi connectivity index (χ1v) is 10.7. The number of aromatic nitrogens is 2. The van der Waals surface area contributed by atoms with E-state index in [1.165, 1.54) is 27.8 Å². The van der Waals surface area contributed by atoms with Gasteiger partial charge in [0.2, 0.25) is 21.7 Å². The molecule has 0 amide bonds. The average molecular weight is 405 g/mol. The van der Waals surface area contributed by atoms with Gasteiger partial charge in [-0.3, -0.25) is 0 Å². The second-order valence-corrected chi connectivity index (χ2v) is 9.14. The second-order valence-electron chi connectivity index (χ2n) is 6.26. The molecule has 10 heteroatoms. The fraction of sp³-hybridized carbons (Fsp3) is 0.294. The van der Waals surface area contributed by atoms with Gasteiger partial charge in [-0.05, 0) is 23.6 Å². The van der Waals surface area contributed by atoms with Crippen molar-refractivity contribution in [3.05, 3.63) is 41.6 Å². The van der Waals surface area contributed by atoms with Crippen molar-refractivity contribution in [2.75, 3.05) is 26.3 Å². The van der Waals surface area contributed by atoms with Gasteiger partial charge in [0.1, 0.15) is 13.2 Å². The predicted molar refractivity (Wildman–Crippen MR) is 96.5 cm³/mol. The number of fused-ring (bicyclic) bond motifs is 1. The van der Waals surface area contributed by atoms with Crippen LogP contribution in [-0.2, 0) is 10.0 Å². The fourth-order valence-corrected chi connectivity index (χ4v) is 5.23. The van der Waals surface area contributed by atoms with Crippen LogP contribution in [0.1, 0.15) is 11.8 Å². The summed E-state index contributed by atoms with van der Waals surface area (Å²) in [5.41, 5.74) is 0. The lowest BCUT2D eigenvalue weighted by molar-refractivity contribution is 0.171. The number of hydrogen-bond donors (Lipinski definition) is 0. The molecule has 1 saturated heterocycles. The molecule has 2 aliphatic heterocycles. The van der Waals surface area contributed by atoms with Gasteiger partial charge in [-0.2, -0.15) is 9.29 Å². The van der Waals surface area contributed by atoms with Crippen LogP contribution in [0, 0.1) is 0 Å². The Morgan fingerprint density at radius 2 is 1.93 bits per heavy atom. The van der Waals surface area contributed by atoms with Crippen LogP contribution >= 0.6 is 11.3 Å². The highest BCUT2D eigenvalue weighted by Crippen LogP contribution is 2.36. The molecule has 5 rings (SSSR count). The SMILES string of the molecule is O=S(=O)(c1ccc2c(c1)OCCO2)N1CC(c2nc(-c3cccs3)no2)C1. The van der Waals surface area contributed by atoms with Crippen molar-refractivity contribution in [3.63, 3.8) is 0 Å². The molecule has 27 heavy (non-hydrogen) atoms. The lowest BCUT2D eigenvalue weighted by Gasteiger charge is -2.35. The Balaban J connectivity index is 1.31. The third-order valence-electron chi connectivity index (χ3n) is 4.53. The predicted octanol–water partition coefficient (Wildman–Crippen LogP) is 2.36. The molecule has 0 saturated carbocycles. The van der Waals surface area contributed by atoms with E-state index in [1.54, 1.807) is 6.07 Å². The minimum absolute atomic E-state index is 0.0989. The molecule has 2 aliphatic rings. The summed E-state index contributed by atoms with van der Waals surface area (Å²) in [6.45, 7) is 1.49. The van der Waals surface area contributed by atoms with E-state index in [1.807, 2.05) is 17.5 Å². The molecular weight excluding hydrogens is 390 g/mol. The van der Waals surface area contributed by atoms with E-state index in [9.17, 15) is 8.42 Å². The summed E-state index contributed by atoms with van der Waals surface area (Å²) in [5.74, 6) is 1.92. The Kier molecular flexibility index (Phi) is 3.92. The van der Waals surface area contributed by atoms with Crippen molar-refractivity contribution in [1.29, 1.82) is 0 Å². The smallest absolute Gasteiger partial charge is 0.243 e. The quantitative estimate of drug-likeness (QED) is 0.657. The highest BCUT2D eigenvalue weighted by atomic mass is 32.2. The zero-order chi connectivity index (χ0) is 18.4. The molecule has 3 aromatic rings. The van der Waals surface area contributed by atoms with Crippen LogP contribution in [0.2, 0.25) is 0 Å². The maximum atomic E-state index is 12.8. The molecule has 0 atom stereocenters. The van der Waals surface area contributed by atoms with E-state index < -0.39 is 10.0 Å². The van der Waals surface area contributed by atoms with E-state index in [0.717, 1.165) is 4.88 Å². The van der Waals surface area contributed by atoms with E-state index in [0.29, 0.717) is 49.5 Å². The molecule has 0 spiro atoms. The van der Waals surface area contributed by atoms with Gasteiger partial charge in [0, 0.05) is 19.2 Å². The Morgan fingerprint density at radius 3 is 2.70 bits per heavy atom. The van der Waals surface area contributed by atoms with Crippen LogP contribution in [0.3, 0.4) is 0 Å². The van der Waals surface area contributed by atoms with Crippen LogP contribution in [-0.4, -0.2) is 49.2 Å². The van der Waals surface area contributed by atoms with Gasteiger partial charge in [-0.15, -0.1) is 11.3 Å². The van der Waals surface area contributed by atoms with E-state index in [-0.39, 0.29) is 10.8 Å². The Bertz CT molecular complexity index is 1070. The van der Waals surface area contributed by atoms with Crippen molar-refractivity contribution in [2.24, 2.45) is 0 Å². The van der Waals surface area contributed by atoms with Crippen molar-refractivity contribution in [3.8, 4) is 22.2 Å². The lowest BCUT2D eigenvalue weighted by Crippen LogP contribution is -2.48. The number of thiophene rings is 1. The molecule has 4 heterocycles. The Labute approximate surface area is 159 Å². The molecular formula is C17H15N3O5S2. The van der Waals surface area contributed by atoms with Gasteiger partial charge in [-0.1, -0.05) is 11.2 Å². The van der Waals surface area contributed by atoms with Gasteiger partial charge in [0.05, 0.1) is 15.7 Å². The van der Waals surface area contributed by atoms with E-state index in [4.69, 9.17) is 14.0 Å². The van der Waals surface area contributed by atoms with Gasteiger partial charge >= 0.3 is 0 Å². The first kappa shape index (κ1) is 16.7. The van der Waals surface area contributed by atoms with Gasteiger partial charge in [-0.25, -0.2) is 8.42 Å². The van der Waals surface area contributed by atoms with Crippen molar-refractivity contribution >= 4 is 21.4 Å². The van der Waals surface area contributed by atoms with Crippen molar-refractivity contribution in [2.45, 2.75) is 10.8 Å². The number of rotatable bonds is 4. The van der Waals surface area contributed by atoms with Crippen molar-refractivity contribution < 1.29 is 22.4 Å². The topological polar surface area (TPSA) is 94.8 Å². The van der Waals surface area contributed by atoms with Crippen molar-refractivity contribution in [1.82, 2.24) is 14.4 Å². The maximum absolute atomic E-state index is 12.8. The third kappa shape index (κ3) is 2.89. The molecule has 0 aliphatic carbocycles. The first-order valence-electron chi connectivity index (χ1n) is 8.38. The first-order chi connectivity index (χ1) is 13.1. The highest BCUT2D eigenvalue weighted by Gasteiger charge is 2.40. The summed E-state index contributed by atoms with van der Waals surface area (Å²) in [7, 11) is -3.60. The highest BCUT2D eigenvalue weighted by molar-refractivity contribution is 7.89. The molecule has 8 nitrogen and oxygen atoms in total. The molecule has 140 valence electrons. The Morgan fingerprint density at radius 1 is 1.11 bits per heavy atom. The minimum Gasteiger partial charge on any atom is -0.486 e. The van der Waals surface area contributed by atoms with Crippen LogP contribution in [0.5, 0.6) is 11.5 Å². The van der Waals surface area contributed by atoms with Crippen LogP contribution in [0.15, 0.2) is 45.1 Å². The standard InChI is InChI=1S/C17H15N3O5S2/c21-27(22,12-3-4-13-14(8-12)24-6-5-23-13)20-9-11(10-20)17-18-16(19-25-17)15-2-1-7-26-15/h1-4,7-8,11H,5-6,9-10H2. The average Bonchev–Trinajstić information content (AvgIpc) is 3.31.